The first kappa shape index (κ1) is 51.5. The molecule has 0 aromatic heterocycles. The molecule has 1 atom stereocenters. The van der Waals surface area contributed by atoms with E-state index in [0.29, 0.717) is 11.7 Å². The molecule has 0 aliphatic heterocycles. The molecule has 50 heavy (non-hydrogen) atoms. The van der Waals surface area contributed by atoms with Gasteiger partial charge in [0.25, 0.3) is 0 Å². The van der Waals surface area contributed by atoms with Crippen LogP contribution in [-0.2, 0) is 4.79 Å². The molecule has 0 saturated heterocycles. The quantitative estimate of drug-likeness (QED) is 0.0468. The molecule has 0 aromatic carbocycles. The van der Waals surface area contributed by atoms with Gasteiger partial charge in [-0.05, 0) is 64.1 Å². The normalized spacial score (nSPS) is 12.0. The summed E-state index contributed by atoms with van der Waals surface area (Å²) in [7, 11) is 2.27. The summed E-state index contributed by atoms with van der Waals surface area (Å²) in [5.41, 5.74) is 0. The molecular weight excluding hydrogens is 607 g/mol. The standard InChI is InChI=1S/C29H57NO.C19H40/c1-5-7-9-11-13-17-21-25-30(4)26-22-18-14-16-20-24-29(31)27-28(3)23-19-15-12-10-8-6-2;1-4-7-9-11-13-15-17-19(6-3)18-16-14-12-10-8-5-2/h5,28H,1,6-27H2,2-4H3;19H,4-18H2,1-3H3. The van der Waals surface area contributed by atoms with E-state index in [1.807, 2.05) is 6.08 Å². The first-order valence-electron chi connectivity index (χ1n) is 23.3. The summed E-state index contributed by atoms with van der Waals surface area (Å²) in [5.74, 6) is 2.11. The van der Waals surface area contributed by atoms with E-state index >= 15 is 0 Å². The van der Waals surface area contributed by atoms with Crippen molar-refractivity contribution >= 4 is 5.78 Å². The number of carbonyl (C=O) groups is 1. The van der Waals surface area contributed by atoms with Gasteiger partial charge in [-0.1, -0.05) is 220 Å². The number of allylic oxidation sites excluding steroid dienone is 1. The molecule has 0 aliphatic rings. The van der Waals surface area contributed by atoms with Crippen molar-refractivity contribution in [1.82, 2.24) is 4.90 Å². The van der Waals surface area contributed by atoms with E-state index in [-0.39, 0.29) is 0 Å². The molecule has 2 heteroatoms. The van der Waals surface area contributed by atoms with Gasteiger partial charge in [-0.15, -0.1) is 6.58 Å². The van der Waals surface area contributed by atoms with Crippen LogP contribution in [0.1, 0.15) is 259 Å². The van der Waals surface area contributed by atoms with Crippen LogP contribution in [0.25, 0.3) is 0 Å². The van der Waals surface area contributed by atoms with Crippen LogP contribution >= 0.6 is 0 Å². The average molecular weight is 704 g/mol. The minimum Gasteiger partial charge on any atom is -0.306 e. The smallest absolute Gasteiger partial charge is 0.133 e. The van der Waals surface area contributed by atoms with Crippen molar-refractivity contribution in [3.05, 3.63) is 12.7 Å². The zero-order valence-corrected chi connectivity index (χ0v) is 36.0. The minimum absolute atomic E-state index is 0.503. The minimum atomic E-state index is 0.503. The Morgan fingerprint density at radius 3 is 1.34 bits per heavy atom. The van der Waals surface area contributed by atoms with E-state index in [9.17, 15) is 4.79 Å². The molecule has 1 unspecified atom stereocenters. The van der Waals surface area contributed by atoms with Crippen molar-refractivity contribution in [1.29, 1.82) is 0 Å². The number of nitrogens with zero attached hydrogens (tertiary/aromatic N) is 1. The fourth-order valence-corrected chi connectivity index (χ4v) is 7.39. The fraction of sp³-hybridized carbons (Fsp3) is 0.938. The van der Waals surface area contributed by atoms with E-state index in [2.05, 4.69) is 53.1 Å². The monoisotopic (exact) mass is 704 g/mol. The molecule has 0 spiro atoms. The number of hydrogen-bond acceptors (Lipinski definition) is 2. The highest BCUT2D eigenvalue weighted by Gasteiger charge is 2.09. The van der Waals surface area contributed by atoms with Gasteiger partial charge in [-0.3, -0.25) is 4.79 Å². The van der Waals surface area contributed by atoms with Crippen molar-refractivity contribution in [2.45, 2.75) is 259 Å². The molecule has 0 heterocycles. The number of unbranched alkanes of at least 4 members (excludes halogenated alkanes) is 24. The van der Waals surface area contributed by atoms with Crippen LogP contribution in [0.15, 0.2) is 12.7 Å². The SMILES string of the molecule is C=CCCCCCCCN(C)CCCCCCCC(=O)CC(C)CCCCCCCC.CCCCCCCCC(CC)CCCCCCCC. The van der Waals surface area contributed by atoms with Crippen molar-refractivity contribution < 1.29 is 4.79 Å². The van der Waals surface area contributed by atoms with Gasteiger partial charge < -0.3 is 4.90 Å². The van der Waals surface area contributed by atoms with E-state index in [4.69, 9.17) is 0 Å². The fourth-order valence-electron chi connectivity index (χ4n) is 7.39. The molecule has 0 aromatic rings. The number of rotatable bonds is 40. The van der Waals surface area contributed by atoms with Crippen LogP contribution in [0.2, 0.25) is 0 Å². The lowest BCUT2D eigenvalue weighted by Crippen LogP contribution is -2.20. The Labute approximate surface area is 318 Å². The third-order valence-electron chi connectivity index (χ3n) is 11.1. The Bertz CT molecular complexity index is 628. The maximum atomic E-state index is 12.2. The summed E-state index contributed by atoms with van der Waals surface area (Å²) < 4.78 is 0. The summed E-state index contributed by atoms with van der Waals surface area (Å²) in [6, 6.07) is 0. The van der Waals surface area contributed by atoms with Gasteiger partial charge in [-0.25, -0.2) is 0 Å². The van der Waals surface area contributed by atoms with Crippen molar-refractivity contribution in [2.75, 3.05) is 20.1 Å². The lowest BCUT2D eigenvalue weighted by Gasteiger charge is -2.16. The summed E-state index contributed by atoms with van der Waals surface area (Å²) in [4.78, 5) is 14.7. The van der Waals surface area contributed by atoms with Crippen molar-refractivity contribution in [3.63, 3.8) is 0 Å². The van der Waals surface area contributed by atoms with Gasteiger partial charge in [0, 0.05) is 12.8 Å². The maximum Gasteiger partial charge on any atom is 0.133 e. The predicted octanol–water partition coefficient (Wildman–Crippen LogP) is 16.6. The Balaban J connectivity index is 0. The molecule has 0 amide bonds. The number of hydrogen-bond donors (Lipinski definition) is 0. The maximum absolute atomic E-state index is 12.2. The van der Waals surface area contributed by atoms with Crippen LogP contribution in [0.4, 0.5) is 0 Å². The van der Waals surface area contributed by atoms with Gasteiger partial charge >= 0.3 is 0 Å². The van der Waals surface area contributed by atoms with Crippen LogP contribution in [-0.4, -0.2) is 30.8 Å². The number of Topliss-reactive ketones (excluding diaryl/α,β-unsaturated/α-hetero) is 1. The van der Waals surface area contributed by atoms with Crippen LogP contribution in [0.3, 0.4) is 0 Å². The Morgan fingerprint density at radius 2 is 0.900 bits per heavy atom. The Morgan fingerprint density at radius 1 is 0.520 bits per heavy atom. The highest BCUT2D eigenvalue weighted by Crippen LogP contribution is 2.22. The molecule has 0 aliphatic carbocycles. The Hall–Kier alpha value is -0.630. The first-order chi connectivity index (χ1) is 24.4. The second-order valence-corrected chi connectivity index (χ2v) is 16.5. The highest BCUT2D eigenvalue weighted by atomic mass is 16.1. The van der Waals surface area contributed by atoms with E-state index < -0.39 is 0 Å². The van der Waals surface area contributed by atoms with Gasteiger partial charge in [0.15, 0.2) is 0 Å². The number of carbonyl (C=O) groups excluding carboxylic acids is 1. The summed E-state index contributed by atoms with van der Waals surface area (Å²) in [5, 5.41) is 0. The zero-order chi connectivity index (χ0) is 37.2. The number of ketones is 1. The van der Waals surface area contributed by atoms with Crippen molar-refractivity contribution in [2.24, 2.45) is 11.8 Å². The zero-order valence-electron chi connectivity index (χ0n) is 36.0. The second-order valence-electron chi connectivity index (χ2n) is 16.5. The van der Waals surface area contributed by atoms with Crippen LogP contribution in [0, 0.1) is 11.8 Å². The summed E-state index contributed by atoms with van der Waals surface area (Å²) in [6.45, 7) is 17.8. The van der Waals surface area contributed by atoms with Crippen molar-refractivity contribution in [3.8, 4) is 0 Å². The molecule has 0 N–H and O–H groups in total. The largest absolute Gasteiger partial charge is 0.306 e. The molecule has 0 rings (SSSR count). The third kappa shape index (κ3) is 43.5. The topological polar surface area (TPSA) is 20.3 Å². The van der Waals surface area contributed by atoms with Crippen LogP contribution in [0.5, 0.6) is 0 Å². The summed E-state index contributed by atoms with van der Waals surface area (Å²) >= 11 is 0. The molecule has 300 valence electrons. The molecule has 0 saturated carbocycles. The molecule has 0 fully saturated rings. The molecule has 0 radical (unpaired) electrons. The van der Waals surface area contributed by atoms with E-state index in [1.54, 1.807) is 0 Å². The van der Waals surface area contributed by atoms with Crippen LogP contribution < -0.4 is 0 Å². The van der Waals surface area contributed by atoms with Gasteiger partial charge in [0.2, 0.25) is 0 Å². The second kappa shape index (κ2) is 44.5. The highest BCUT2D eigenvalue weighted by molar-refractivity contribution is 5.78. The molecule has 2 nitrogen and oxygen atoms in total. The van der Waals surface area contributed by atoms with Gasteiger partial charge in [0.05, 0.1) is 0 Å². The average Bonchev–Trinajstić information content (AvgIpc) is 3.11. The van der Waals surface area contributed by atoms with Gasteiger partial charge in [-0.2, -0.15) is 0 Å². The lowest BCUT2D eigenvalue weighted by atomic mass is 9.92. The predicted molar refractivity (Wildman–Crippen MR) is 230 cm³/mol. The van der Waals surface area contributed by atoms with E-state index in [0.717, 1.165) is 25.2 Å². The Kier molecular flexibility index (Phi) is 45.8. The summed E-state index contributed by atoms with van der Waals surface area (Å²) in [6.07, 6.45) is 49.0. The molecule has 0 bridgehead atoms. The molecular formula is C48H97NO. The lowest BCUT2D eigenvalue weighted by molar-refractivity contribution is -0.120. The first-order valence-corrected chi connectivity index (χ1v) is 23.3. The van der Waals surface area contributed by atoms with Gasteiger partial charge in [0.1, 0.15) is 5.78 Å². The van der Waals surface area contributed by atoms with E-state index in [1.165, 1.54) is 219 Å². The third-order valence-corrected chi connectivity index (χ3v) is 11.1.